The van der Waals surface area contributed by atoms with Gasteiger partial charge in [-0.05, 0) is 29.0 Å². The SMILES string of the molecule is CCC(C)CCCCCCCCCCC(=O)OC(=O)C(c1ccccc1)(c1ccccc1)c1ccccc1. The highest BCUT2D eigenvalue weighted by atomic mass is 16.6. The van der Waals surface area contributed by atoms with E-state index in [1.54, 1.807) is 0 Å². The molecule has 0 aliphatic heterocycles. The molecule has 0 amide bonds. The van der Waals surface area contributed by atoms with Gasteiger partial charge in [0.25, 0.3) is 0 Å². The number of rotatable bonds is 16. The lowest BCUT2D eigenvalue weighted by Gasteiger charge is -2.33. The number of benzene rings is 3. The molecular weight excluding hydrogens is 468 g/mol. The summed E-state index contributed by atoms with van der Waals surface area (Å²) in [4.78, 5) is 26.8. The summed E-state index contributed by atoms with van der Waals surface area (Å²) >= 11 is 0. The van der Waals surface area contributed by atoms with E-state index >= 15 is 0 Å². The minimum absolute atomic E-state index is 0.259. The van der Waals surface area contributed by atoms with Gasteiger partial charge in [-0.2, -0.15) is 0 Å². The first kappa shape index (κ1) is 29.4. The van der Waals surface area contributed by atoms with Crippen molar-refractivity contribution >= 4 is 11.9 Å². The second kappa shape index (κ2) is 15.9. The third-order valence-corrected chi connectivity index (χ3v) is 7.66. The maximum Gasteiger partial charge on any atom is 0.333 e. The van der Waals surface area contributed by atoms with Gasteiger partial charge in [-0.15, -0.1) is 0 Å². The molecule has 0 bridgehead atoms. The summed E-state index contributed by atoms with van der Waals surface area (Å²) in [7, 11) is 0. The number of unbranched alkanes of at least 4 members (excludes halogenated alkanes) is 7. The van der Waals surface area contributed by atoms with Crippen LogP contribution in [0.1, 0.15) is 101 Å². The molecule has 0 saturated carbocycles. The van der Waals surface area contributed by atoms with Gasteiger partial charge in [0.15, 0.2) is 0 Å². The molecule has 0 aromatic heterocycles. The summed E-state index contributed by atoms with van der Waals surface area (Å²) in [6, 6.07) is 28.8. The zero-order valence-corrected chi connectivity index (χ0v) is 23.2. The first-order valence-corrected chi connectivity index (χ1v) is 14.5. The number of hydrogen-bond acceptors (Lipinski definition) is 3. The lowest BCUT2D eigenvalue weighted by Crippen LogP contribution is -2.41. The lowest BCUT2D eigenvalue weighted by atomic mass is 9.69. The van der Waals surface area contributed by atoms with Crippen LogP contribution >= 0.6 is 0 Å². The Kier molecular flexibility index (Phi) is 12.3. The van der Waals surface area contributed by atoms with Crippen LogP contribution in [0.25, 0.3) is 0 Å². The molecule has 1 unspecified atom stereocenters. The summed E-state index contributed by atoms with van der Waals surface area (Å²) in [5.74, 6) is -0.157. The second-order valence-electron chi connectivity index (χ2n) is 10.5. The second-order valence-corrected chi connectivity index (χ2v) is 10.5. The van der Waals surface area contributed by atoms with Crippen LogP contribution < -0.4 is 0 Å². The summed E-state index contributed by atoms with van der Waals surface area (Å²) in [5, 5.41) is 0. The van der Waals surface area contributed by atoms with Gasteiger partial charge in [0.05, 0.1) is 0 Å². The van der Waals surface area contributed by atoms with Crippen LogP contribution in [0.5, 0.6) is 0 Å². The van der Waals surface area contributed by atoms with Crippen molar-refractivity contribution in [2.24, 2.45) is 5.92 Å². The molecule has 0 aliphatic carbocycles. The Bertz CT molecular complexity index is 979. The molecule has 0 radical (unpaired) electrons. The summed E-state index contributed by atoms with van der Waals surface area (Å²) in [6.07, 6.45) is 12.2. The van der Waals surface area contributed by atoms with Crippen molar-refractivity contribution in [3.05, 3.63) is 108 Å². The molecule has 0 fully saturated rings. The van der Waals surface area contributed by atoms with Crippen molar-refractivity contribution in [1.29, 1.82) is 0 Å². The van der Waals surface area contributed by atoms with Gasteiger partial charge >= 0.3 is 11.9 Å². The Morgan fingerprint density at radius 1 is 0.632 bits per heavy atom. The van der Waals surface area contributed by atoms with E-state index in [0.29, 0.717) is 0 Å². The molecule has 0 saturated heterocycles. The van der Waals surface area contributed by atoms with Gasteiger partial charge in [0, 0.05) is 6.42 Å². The van der Waals surface area contributed by atoms with Gasteiger partial charge in [0.2, 0.25) is 0 Å². The zero-order chi connectivity index (χ0) is 27.1. The fourth-order valence-corrected chi connectivity index (χ4v) is 5.18. The molecule has 3 heteroatoms. The molecular formula is C35H44O3. The average Bonchev–Trinajstić information content (AvgIpc) is 2.96. The van der Waals surface area contributed by atoms with Crippen molar-refractivity contribution < 1.29 is 14.3 Å². The Labute approximate surface area is 229 Å². The third-order valence-electron chi connectivity index (χ3n) is 7.66. The summed E-state index contributed by atoms with van der Waals surface area (Å²) in [5.41, 5.74) is 1.10. The van der Waals surface area contributed by atoms with Gasteiger partial charge in [-0.3, -0.25) is 4.79 Å². The fourth-order valence-electron chi connectivity index (χ4n) is 5.18. The van der Waals surface area contributed by atoms with Crippen LogP contribution in [0, 0.1) is 5.92 Å². The van der Waals surface area contributed by atoms with E-state index in [1.165, 1.54) is 44.9 Å². The molecule has 0 spiro atoms. The first-order valence-electron chi connectivity index (χ1n) is 14.5. The van der Waals surface area contributed by atoms with E-state index in [2.05, 4.69) is 13.8 Å². The topological polar surface area (TPSA) is 43.4 Å². The normalized spacial score (nSPS) is 12.2. The molecule has 3 aromatic carbocycles. The first-order chi connectivity index (χ1) is 18.6. The highest BCUT2D eigenvalue weighted by Crippen LogP contribution is 2.40. The van der Waals surface area contributed by atoms with Gasteiger partial charge in [-0.25, -0.2) is 4.79 Å². The molecule has 3 nitrogen and oxygen atoms in total. The molecule has 3 aromatic rings. The van der Waals surface area contributed by atoms with Gasteiger partial charge < -0.3 is 4.74 Å². The van der Waals surface area contributed by atoms with Crippen molar-refractivity contribution in [3.63, 3.8) is 0 Å². The van der Waals surface area contributed by atoms with E-state index in [1.807, 2.05) is 91.0 Å². The zero-order valence-electron chi connectivity index (χ0n) is 23.2. The standard InChI is InChI=1S/C35H44O3/c1-3-29(2)21-13-8-6-4-5-7-9-20-28-33(36)38-34(37)35(30-22-14-10-15-23-30,31-24-16-11-17-25-31)32-26-18-12-19-27-32/h10-12,14-19,22-27,29H,3-9,13,20-21,28H2,1-2H3. The molecule has 0 aliphatic rings. The van der Waals surface area contributed by atoms with Crippen LogP contribution in [-0.2, 0) is 19.7 Å². The minimum Gasteiger partial charge on any atom is -0.392 e. The third kappa shape index (κ3) is 8.15. The number of carbonyl (C=O) groups excluding carboxylic acids is 2. The Balaban J connectivity index is 1.58. The van der Waals surface area contributed by atoms with E-state index in [9.17, 15) is 9.59 Å². The minimum atomic E-state index is -1.23. The molecule has 0 heterocycles. The molecule has 3 rings (SSSR count). The summed E-state index contributed by atoms with van der Waals surface area (Å²) in [6.45, 7) is 4.60. The van der Waals surface area contributed by atoms with E-state index in [-0.39, 0.29) is 6.42 Å². The Hall–Kier alpha value is -3.20. The smallest absolute Gasteiger partial charge is 0.333 e. The van der Waals surface area contributed by atoms with Crippen LogP contribution in [0.15, 0.2) is 91.0 Å². The van der Waals surface area contributed by atoms with Crippen molar-refractivity contribution in [3.8, 4) is 0 Å². The maximum atomic E-state index is 14.0. The highest BCUT2D eigenvalue weighted by molar-refractivity contribution is 5.98. The number of carbonyl (C=O) groups is 2. The molecule has 38 heavy (non-hydrogen) atoms. The molecule has 0 N–H and O–H groups in total. The van der Waals surface area contributed by atoms with Crippen LogP contribution in [0.2, 0.25) is 0 Å². The Morgan fingerprint density at radius 3 is 1.45 bits per heavy atom. The quantitative estimate of drug-likeness (QED) is 0.0832. The van der Waals surface area contributed by atoms with Crippen molar-refractivity contribution in [1.82, 2.24) is 0 Å². The van der Waals surface area contributed by atoms with Crippen LogP contribution in [0.3, 0.4) is 0 Å². The van der Waals surface area contributed by atoms with Crippen molar-refractivity contribution in [2.75, 3.05) is 0 Å². The lowest BCUT2D eigenvalue weighted by molar-refractivity contribution is -0.162. The van der Waals surface area contributed by atoms with Gasteiger partial charge in [-0.1, -0.05) is 163 Å². The maximum absolute atomic E-state index is 14.0. The summed E-state index contributed by atoms with van der Waals surface area (Å²) < 4.78 is 5.60. The predicted molar refractivity (Wildman–Crippen MR) is 156 cm³/mol. The highest BCUT2D eigenvalue weighted by Gasteiger charge is 2.46. The molecule has 1 atom stereocenters. The number of esters is 2. The predicted octanol–water partition coefficient (Wildman–Crippen LogP) is 9.04. The van der Waals surface area contributed by atoms with Crippen LogP contribution in [0.4, 0.5) is 0 Å². The molecule has 202 valence electrons. The fraction of sp³-hybridized carbons (Fsp3) is 0.429. The average molecular weight is 513 g/mol. The number of ether oxygens (including phenoxy) is 1. The Morgan fingerprint density at radius 2 is 1.03 bits per heavy atom. The van der Waals surface area contributed by atoms with Gasteiger partial charge in [0.1, 0.15) is 5.41 Å². The van der Waals surface area contributed by atoms with Crippen molar-refractivity contribution in [2.45, 2.75) is 89.9 Å². The van der Waals surface area contributed by atoms with Crippen LogP contribution in [-0.4, -0.2) is 11.9 Å². The van der Waals surface area contributed by atoms with E-state index in [0.717, 1.165) is 41.9 Å². The monoisotopic (exact) mass is 512 g/mol. The van der Waals surface area contributed by atoms with E-state index in [4.69, 9.17) is 4.74 Å². The van der Waals surface area contributed by atoms with E-state index < -0.39 is 17.4 Å². The number of hydrogen-bond donors (Lipinski definition) is 0. The largest absolute Gasteiger partial charge is 0.392 e.